The molecular weight excluding hydrogens is 236 g/mol. The lowest BCUT2D eigenvalue weighted by atomic mass is 10.3. The normalized spacial score (nSPS) is 29.3. The van der Waals surface area contributed by atoms with Crippen LogP contribution in [-0.2, 0) is 24.7 Å². The first kappa shape index (κ1) is 11.9. The van der Waals surface area contributed by atoms with Gasteiger partial charge in [-0.25, -0.2) is 4.18 Å². The molecule has 0 aromatic carbocycles. The molecule has 0 heterocycles. The quantitative estimate of drug-likeness (QED) is 0.651. The Morgan fingerprint density at radius 1 is 1.07 bits per heavy atom. The highest BCUT2D eigenvalue weighted by Crippen LogP contribution is 2.28. The molecule has 1 fully saturated rings. The van der Waals surface area contributed by atoms with Crippen molar-refractivity contribution in [2.24, 2.45) is 0 Å². The van der Waals surface area contributed by atoms with Crippen LogP contribution in [0.4, 0.5) is 0 Å². The van der Waals surface area contributed by atoms with Crippen LogP contribution >= 0.6 is 0 Å². The molecule has 0 unspecified atom stereocenters. The number of rotatable bonds is 3. The molecule has 84 valence electrons. The molecular formula is C5H10O7S2. The monoisotopic (exact) mass is 246 g/mol. The van der Waals surface area contributed by atoms with E-state index in [1.165, 1.54) is 0 Å². The van der Waals surface area contributed by atoms with Gasteiger partial charge in [-0.05, 0) is 19.3 Å². The van der Waals surface area contributed by atoms with E-state index in [0.29, 0.717) is 6.42 Å². The predicted molar refractivity (Wildman–Crippen MR) is 45.6 cm³/mol. The topological polar surface area (TPSA) is 118 Å². The molecule has 1 aliphatic rings. The summed E-state index contributed by atoms with van der Waals surface area (Å²) in [5, 5.41) is -1.27. The van der Waals surface area contributed by atoms with Crippen LogP contribution in [0, 0.1) is 0 Å². The van der Waals surface area contributed by atoms with E-state index in [1.54, 1.807) is 0 Å². The summed E-state index contributed by atoms with van der Waals surface area (Å²) in [7, 11) is -9.00. The molecule has 9 heteroatoms. The zero-order valence-electron chi connectivity index (χ0n) is 7.03. The molecule has 7 nitrogen and oxygen atoms in total. The van der Waals surface area contributed by atoms with Gasteiger partial charge in [-0.3, -0.25) is 9.11 Å². The highest BCUT2D eigenvalue weighted by molar-refractivity contribution is 7.86. The summed E-state index contributed by atoms with van der Waals surface area (Å²) in [5.74, 6) is 0. The number of hydrogen-bond acceptors (Lipinski definition) is 5. The van der Waals surface area contributed by atoms with E-state index in [4.69, 9.17) is 9.11 Å². The summed E-state index contributed by atoms with van der Waals surface area (Å²) in [6.07, 6.45) is -0.478. The van der Waals surface area contributed by atoms with Crippen molar-refractivity contribution in [1.29, 1.82) is 0 Å². The highest BCUT2D eigenvalue weighted by Gasteiger charge is 2.39. The van der Waals surface area contributed by atoms with Crippen molar-refractivity contribution in [3.63, 3.8) is 0 Å². The zero-order chi connectivity index (χ0) is 11.0. The fraction of sp³-hybridized carbons (Fsp3) is 1.00. The lowest BCUT2D eigenvalue weighted by molar-refractivity contribution is 0.187. The van der Waals surface area contributed by atoms with Crippen molar-refractivity contribution in [3.05, 3.63) is 0 Å². The standard InChI is InChI=1S/C5H10O7S2/c6-13(7,8)5-3-1-2-4(5)12-14(9,10)11/h4-5H,1-3H2,(H,6,7,8)(H,9,10,11)/t4-,5-/m1/s1. The van der Waals surface area contributed by atoms with Crippen molar-refractivity contribution in [2.75, 3.05) is 0 Å². The van der Waals surface area contributed by atoms with Crippen LogP contribution in [0.2, 0.25) is 0 Å². The molecule has 0 amide bonds. The van der Waals surface area contributed by atoms with Crippen molar-refractivity contribution in [2.45, 2.75) is 30.6 Å². The van der Waals surface area contributed by atoms with E-state index in [1.807, 2.05) is 0 Å². The summed E-state index contributed by atoms with van der Waals surface area (Å²) < 4.78 is 63.3. The molecule has 0 bridgehead atoms. The third-order valence-corrected chi connectivity index (χ3v) is 3.81. The molecule has 0 aromatic heterocycles. The second-order valence-corrected chi connectivity index (χ2v) is 5.73. The van der Waals surface area contributed by atoms with E-state index < -0.39 is 31.9 Å². The third kappa shape index (κ3) is 3.17. The smallest absolute Gasteiger partial charge is 0.285 e. The van der Waals surface area contributed by atoms with Gasteiger partial charge < -0.3 is 0 Å². The van der Waals surface area contributed by atoms with Gasteiger partial charge in [0, 0.05) is 0 Å². The molecule has 1 aliphatic carbocycles. The first-order chi connectivity index (χ1) is 6.20. The molecule has 14 heavy (non-hydrogen) atoms. The molecule has 0 aromatic rings. The molecule has 2 atom stereocenters. The Labute approximate surface area is 81.8 Å². The van der Waals surface area contributed by atoms with Gasteiger partial charge in [0.15, 0.2) is 0 Å². The average molecular weight is 246 g/mol. The van der Waals surface area contributed by atoms with E-state index in [2.05, 4.69) is 4.18 Å². The highest BCUT2D eigenvalue weighted by atomic mass is 32.3. The Hall–Kier alpha value is -0.220. The SMILES string of the molecule is O=S(=O)(O)O[C@@H]1CCC[C@H]1S(=O)(=O)O. The Morgan fingerprint density at radius 3 is 2.07 bits per heavy atom. The van der Waals surface area contributed by atoms with Crippen LogP contribution in [0.25, 0.3) is 0 Å². The van der Waals surface area contributed by atoms with Crippen molar-refractivity contribution in [3.8, 4) is 0 Å². The minimum Gasteiger partial charge on any atom is -0.285 e. The zero-order valence-corrected chi connectivity index (χ0v) is 8.66. The Bertz CT molecular complexity index is 394. The fourth-order valence-electron chi connectivity index (χ4n) is 1.50. The fourth-order valence-corrected chi connectivity index (χ4v) is 3.15. The second kappa shape index (κ2) is 3.74. The van der Waals surface area contributed by atoms with Gasteiger partial charge in [0.05, 0.1) is 6.10 Å². The summed E-state index contributed by atoms with van der Waals surface area (Å²) >= 11 is 0. The molecule has 1 rings (SSSR count). The largest absolute Gasteiger partial charge is 0.397 e. The second-order valence-electron chi connectivity index (χ2n) is 3.05. The first-order valence-corrected chi connectivity index (χ1v) is 6.69. The maximum absolute atomic E-state index is 10.7. The van der Waals surface area contributed by atoms with Crippen molar-refractivity contribution >= 4 is 20.5 Å². The van der Waals surface area contributed by atoms with Crippen LogP contribution in [0.5, 0.6) is 0 Å². The van der Waals surface area contributed by atoms with E-state index in [0.717, 1.165) is 0 Å². The molecule has 0 aliphatic heterocycles. The van der Waals surface area contributed by atoms with Gasteiger partial charge in [0.25, 0.3) is 10.1 Å². The maximum Gasteiger partial charge on any atom is 0.397 e. The minimum absolute atomic E-state index is 0.124. The summed E-state index contributed by atoms with van der Waals surface area (Å²) in [4.78, 5) is 0. The van der Waals surface area contributed by atoms with E-state index in [9.17, 15) is 16.8 Å². The molecule has 0 radical (unpaired) electrons. The van der Waals surface area contributed by atoms with E-state index >= 15 is 0 Å². The lowest BCUT2D eigenvalue weighted by Crippen LogP contribution is -2.32. The van der Waals surface area contributed by atoms with Gasteiger partial charge in [0.1, 0.15) is 5.25 Å². The Morgan fingerprint density at radius 2 is 1.64 bits per heavy atom. The van der Waals surface area contributed by atoms with Crippen LogP contribution in [0.15, 0.2) is 0 Å². The Kier molecular flexibility index (Phi) is 3.17. The van der Waals surface area contributed by atoms with Crippen LogP contribution in [0.3, 0.4) is 0 Å². The summed E-state index contributed by atoms with van der Waals surface area (Å²) in [6.45, 7) is 0. The maximum atomic E-state index is 10.7. The molecule has 0 spiro atoms. The molecule has 1 saturated carbocycles. The predicted octanol–water partition coefficient (Wildman–Crippen LogP) is -0.385. The summed E-state index contributed by atoms with van der Waals surface area (Å²) in [5.41, 5.74) is 0. The minimum atomic E-state index is -4.68. The Balaban J connectivity index is 2.81. The van der Waals surface area contributed by atoms with Gasteiger partial charge in [-0.15, -0.1) is 0 Å². The van der Waals surface area contributed by atoms with Gasteiger partial charge in [-0.1, -0.05) is 0 Å². The third-order valence-electron chi connectivity index (χ3n) is 2.02. The molecule has 2 N–H and O–H groups in total. The molecule has 0 saturated heterocycles. The van der Waals surface area contributed by atoms with Gasteiger partial charge in [0.2, 0.25) is 0 Å². The lowest BCUT2D eigenvalue weighted by Gasteiger charge is -2.14. The average Bonchev–Trinajstić information content (AvgIpc) is 2.29. The van der Waals surface area contributed by atoms with Crippen LogP contribution in [0.1, 0.15) is 19.3 Å². The number of hydrogen-bond donors (Lipinski definition) is 2. The van der Waals surface area contributed by atoms with Crippen molar-refractivity contribution in [1.82, 2.24) is 0 Å². The van der Waals surface area contributed by atoms with Crippen LogP contribution in [-0.4, -0.2) is 37.3 Å². The first-order valence-electron chi connectivity index (χ1n) is 3.82. The van der Waals surface area contributed by atoms with Crippen LogP contribution < -0.4 is 0 Å². The summed E-state index contributed by atoms with van der Waals surface area (Å²) in [6, 6.07) is 0. The van der Waals surface area contributed by atoms with E-state index in [-0.39, 0.29) is 12.8 Å². The van der Waals surface area contributed by atoms with Crippen molar-refractivity contribution < 1.29 is 30.1 Å². The van der Waals surface area contributed by atoms with Gasteiger partial charge in [-0.2, -0.15) is 16.8 Å². The van der Waals surface area contributed by atoms with Gasteiger partial charge >= 0.3 is 10.4 Å².